The Morgan fingerprint density at radius 3 is 2.43 bits per heavy atom. The summed E-state index contributed by atoms with van der Waals surface area (Å²) in [5, 5.41) is 8.59. The van der Waals surface area contributed by atoms with Gasteiger partial charge in [0.05, 0.1) is 11.9 Å². The summed E-state index contributed by atoms with van der Waals surface area (Å²) in [6.45, 7) is 2.05. The van der Waals surface area contributed by atoms with Crippen LogP contribution in [0, 0.1) is 6.92 Å². The highest BCUT2D eigenvalue weighted by Crippen LogP contribution is 2.24. The minimum absolute atomic E-state index is 0.0749. The van der Waals surface area contributed by atoms with Gasteiger partial charge in [0.1, 0.15) is 5.69 Å². The Labute approximate surface area is 172 Å². The molecule has 0 radical (unpaired) electrons. The lowest BCUT2D eigenvalue weighted by molar-refractivity contribution is 0.0993. The van der Waals surface area contributed by atoms with Crippen molar-refractivity contribution in [2.45, 2.75) is 13.3 Å². The molecule has 0 saturated carbocycles. The summed E-state index contributed by atoms with van der Waals surface area (Å²) < 4.78 is 2.71. The molecule has 0 N–H and O–H groups in total. The van der Waals surface area contributed by atoms with Gasteiger partial charge in [-0.25, -0.2) is 4.68 Å². The molecule has 0 saturated heterocycles. The number of ketones is 1. The van der Waals surface area contributed by atoms with Gasteiger partial charge in [0.2, 0.25) is 0 Å². The van der Waals surface area contributed by atoms with Crippen molar-refractivity contribution in [1.29, 1.82) is 0 Å². The lowest BCUT2D eigenvalue weighted by Crippen LogP contribution is -2.04. The first-order valence-corrected chi connectivity index (χ1v) is 9.76. The minimum atomic E-state index is 0.0749. The van der Waals surface area contributed by atoms with E-state index in [2.05, 4.69) is 33.2 Å². The van der Waals surface area contributed by atoms with E-state index in [1.165, 1.54) is 5.56 Å². The molecule has 0 aliphatic rings. The van der Waals surface area contributed by atoms with Gasteiger partial charge in [-0.2, -0.15) is 0 Å². The zero-order valence-corrected chi connectivity index (χ0v) is 16.9. The van der Waals surface area contributed by atoms with Gasteiger partial charge in [0.15, 0.2) is 5.78 Å². The third kappa shape index (κ3) is 3.94. The summed E-state index contributed by atoms with van der Waals surface area (Å²) in [4.78, 5) is 12.7. The van der Waals surface area contributed by atoms with Crippen LogP contribution in [-0.2, 0) is 6.42 Å². The van der Waals surface area contributed by atoms with E-state index in [1.54, 1.807) is 4.68 Å². The lowest BCUT2D eigenvalue weighted by atomic mass is 9.97. The fraction of sp³-hybridized carbons (Fsp3) is 0.0870. The van der Waals surface area contributed by atoms with Crippen LogP contribution < -0.4 is 0 Å². The summed E-state index contributed by atoms with van der Waals surface area (Å²) >= 11 is 3.40. The first-order valence-electron chi connectivity index (χ1n) is 8.96. The molecule has 4 rings (SSSR count). The molecule has 3 aromatic carbocycles. The SMILES string of the molecule is Cc1ccc(-n2cc(-c3ccccc3CC(=O)c3ccc(Br)cc3)nn2)cc1. The fourth-order valence-corrected chi connectivity index (χ4v) is 3.31. The molecule has 0 spiro atoms. The van der Waals surface area contributed by atoms with Crippen LogP contribution in [0.25, 0.3) is 16.9 Å². The number of halogens is 1. The van der Waals surface area contributed by atoms with Crippen molar-refractivity contribution in [3.8, 4) is 16.9 Å². The molecule has 0 aliphatic carbocycles. The second-order valence-electron chi connectivity index (χ2n) is 6.65. The van der Waals surface area contributed by atoms with E-state index in [0.29, 0.717) is 12.0 Å². The van der Waals surface area contributed by atoms with Gasteiger partial charge in [-0.05, 0) is 36.8 Å². The molecule has 138 valence electrons. The normalized spacial score (nSPS) is 10.8. The maximum Gasteiger partial charge on any atom is 0.167 e. The molecule has 1 aromatic heterocycles. The van der Waals surface area contributed by atoms with Crippen LogP contribution in [0.2, 0.25) is 0 Å². The number of benzene rings is 3. The highest BCUT2D eigenvalue weighted by Gasteiger charge is 2.14. The topological polar surface area (TPSA) is 47.8 Å². The van der Waals surface area contributed by atoms with Crippen LogP contribution in [0.5, 0.6) is 0 Å². The predicted octanol–water partition coefficient (Wildman–Crippen LogP) is 5.43. The van der Waals surface area contributed by atoms with Gasteiger partial charge < -0.3 is 0 Å². The van der Waals surface area contributed by atoms with E-state index in [9.17, 15) is 4.79 Å². The zero-order valence-electron chi connectivity index (χ0n) is 15.3. The van der Waals surface area contributed by atoms with E-state index in [0.717, 1.165) is 27.0 Å². The molecule has 4 aromatic rings. The first kappa shape index (κ1) is 18.3. The third-order valence-electron chi connectivity index (χ3n) is 4.60. The Hall–Kier alpha value is -3.05. The quantitative estimate of drug-likeness (QED) is 0.395. The molecule has 0 bridgehead atoms. The van der Waals surface area contributed by atoms with Crippen molar-refractivity contribution in [3.63, 3.8) is 0 Å². The number of hydrogen-bond acceptors (Lipinski definition) is 3. The first-order chi connectivity index (χ1) is 13.6. The van der Waals surface area contributed by atoms with Gasteiger partial charge >= 0.3 is 0 Å². The number of Topliss-reactive ketones (excluding diaryl/α,β-unsaturated/α-hetero) is 1. The van der Waals surface area contributed by atoms with Gasteiger partial charge in [-0.15, -0.1) is 5.10 Å². The number of rotatable bonds is 5. The molecule has 4 nitrogen and oxygen atoms in total. The maximum absolute atomic E-state index is 12.7. The average molecular weight is 432 g/mol. The monoisotopic (exact) mass is 431 g/mol. The van der Waals surface area contributed by atoms with Gasteiger partial charge in [0, 0.05) is 22.0 Å². The Balaban J connectivity index is 1.62. The standard InChI is InChI=1S/C23H18BrN3O/c1-16-6-12-20(13-7-16)27-15-22(25-26-27)21-5-3-2-4-18(21)14-23(28)17-8-10-19(24)11-9-17/h2-13,15H,14H2,1H3. The van der Waals surface area contributed by atoms with Crippen molar-refractivity contribution in [2.24, 2.45) is 0 Å². The number of carbonyl (C=O) groups excluding carboxylic acids is 1. The minimum Gasteiger partial charge on any atom is -0.294 e. The molecule has 28 heavy (non-hydrogen) atoms. The van der Waals surface area contributed by atoms with E-state index < -0.39 is 0 Å². The second-order valence-corrected chi connectivity index (χ2v) is 7.56. The molecule has 0 unspecified atom stereocenters. The molecule has 0 aliphatic heterocycles. The van der Waals surface area contributed by atoms with Crippen molar-refractivity contribution >= 4 is 21.7 Å². The smallest absolute Gasteiger partial charge is 0.167 e. The number of hydrogen-bond donors (Lipinski definition) is 0. The lowest BCUT2D eigenvalue weighted by Gasteiger charge is -2.07. The summed E-state index contributed by atoms with van der Waals surface area (Å²) in [7, 11) is 0. The highest BCUT2D eigenvalue weighted by molar-refractivity contribution is 9.10. The van der Waals surface area contributed by atoms with Gasteiger partial charge in [-0.3, -0.25) is 4.79 Å². The largest absolute Gasteiger partial charge is 0.294 e. The van der Waals surface area contributed by atoms with E-state index in [1.807, 2.05) is 79.0 Å². The molecule has 1 heterocycles. The molecular weight excluding hydrogens is 414 g/mol. The van der Waals surface area contributed by atoms with Crippen LogP contribution >= 0.6 is 15.9 Å². The van der Waals surface area contributed by atoms with Crippen LogP contribution in [-0.4, -0.2) is 20.8 Å². The van der Waals surface area contributed by atoms with Crippen LogP contribution in [0.1, 0.15) is 21.5 Å². The van der Waals surface area contributed by atoms with Crippen molar-refractivity contribution in [1.82, 2.24) is 15.0 Å². The van der Waals surface area contributed by atoms with Gasteiger partial charge in [-0.1, -0.05) is 75.2 Å². The number of aromatic nitrogens is 3. The highest BCUT2D eigenvalue weighted by atomic mass is 79.9. The Bertz CT molecular complexity index is 1120. The van der Waals surface area contributed by atoms with E-state index in [4.69, 9.17) is 0 Å². The summed E-state index contributed by atoms with van der Waals surface area (Å²) in [5.74, 6) is 0.0749. The van der Waals surface area contributed by atoms with Crippen molar-refractivity contribution in [2.75, 3.05) is 0 Å². The average Bonchev–Trinajstić information content (AvgIpc) is 3.19. The van der Waals surface area contributed by atoms with E-state index >= 15 is 0 Å². The van der Waals surface area contributed by atoms with Crippen molar-refractivity contribution < 1.29 is 4.79 Å². The summed E-state index contributed by atoms with van der Waals surface area (Å²) in [6.07, 6.45) is 2.21. The molecule has 0 atom stereocenters. The Morgan fingerprint density at radius 2 is 1.68 bits per heavy atom. The molecule has 0 fully saturated rings. The Morgan fingerprint density at radius 1 is 0.964 bits per heavy atom. The number of aryl methyl sites for hydroxylation is 1. The second kappa shape index (κ2) is 7.90. The zero-order chi connectivity index (χ0) is 19.5. The maximum atomic E-state index is 12.7. The van der Waals surface area contributed by atoms with Gasteiger partial charge in [0.25, 0.3) is 0 Å². The van der Waals surface area contributed by atoms with Crippen LogP contribution in [0.3, 0.4) is 0 Å². The summed E-state index contributed by atoms with van der Waals surface area (Å²) in [6, 6.07) is 23.4. The molecule has 0 amide bonds. The van der Waals surface area contributed by atoms with Crippen molar-refractivity contribution in [3.05, 3.63) is 100 Å². The van der Waals surface area contributed by atoms with Crippen LogP contribution in [0.15, 0.2) is 83.5 Å². The predicted molar refractivity (Wildman–Crippen MR) is 114 cm³/mol. The summed E-state index contributed by atoms with van der Waals surface area (Å²) in [5.41, 5.74) is 5.45. The van der Waals surface area contributed by atoms with Crippen LogP contribution in [0.4, 0.5) is 0 Å². The fourth-order valence-electron chi connectivity index (χ4n) is 3.05. The molecule has 5 heteroatoms. The number of nitrogens with zero attached hydrogens (tertiary/aromatic N) is 3. The molecular formula is C23H18BrN3O. The number of carbonyl (C=O) groups is 1. The third-order valence-corrected chi connectivity index (χ3v) is 5.13. The van der Waals surface area contributed by atoms with E-state index in [-0.39, 0.29) is 5.78 Å². The Kier molecular flexibility index (Phi) is 5.17.